The number of carbonyl (C=O) groups excluding carboxylic acids is 1. The van der Waals surface area contributed by atoms with Crippen LogP contribution < -0.4 is 11.1 Å². The zero-order valence-corrected chi connectivity index (χ0v) is 8.21. The molecule has 1 aromatic heterocycles. The van der Waals surface area contributed by atoms with Crippen molar-refractivity contribution in [2.45, 2.75) is 26.4 Å². The first-order valence-corrected chi connectivity index (χ1v) is 4.82. The van der Waals surface area contributed by atoms with E-state index < -0.39 is 5.91 Å². The van der Waals surface area contributed by atoms with E-state index in [1.54, 1.807) is 0 Å². The summed E-state index contributed by atoms with van der Waals surface area (Å²) in [7, 11) is 0. The molecule has 2 rings (SSSR count). The summed E-state index contributed by atoms with van der Waals surface area (Å²) in [6.45, 7) is 4.43. The number of hydrogen-bond acceptors (Lipinski definition) is 3. The standard InChI is InChI=1S/C9H14N4O/c1-2-13-7-3-4-11-5-6(7)12-9(13)8(10)14/h11H,2-5H2,1H3,(H2,10,14). The van der Waals surface area contributed by atoms with Gasteiger partial charge in [-0.05, 0) is 6.92 Å². The lowest BCUT2D eigenvalue weighted by atomic mass is 10.2. The molecule has 0 aromatic carbocycles. The number of carbonyl (C=O) groups is 1. The molecule has 0 fully saturated rings. The fraction of sp³-hybridized carbons (Fsp3) is 0.556. The van der Waals surface area contributed by atoms with Gasteiger partial charge in [-0.25, -0.2) is 4.98 Å². The first kappa shape index (κ1) is 9.21. The largest absolute Gasteiger partial charge is 0.363 e. The fourth-order valence-corrected chi connectivity index (χ4v) is 1.90. The molecule has 0 radical (unpaired) electrons. The van der Waals surface area contributed by atoms with Gasteiger partial charge in [-0.3, -0.25) is 4.79 Å². The summed E-state index contributed by atoms with van der Waals surface area (Å²) in [5, 5.41) is 3.22. The third-order valence-corrected chi connectivity index (χ3v) is 2.52. The highest BCUT2D eigenvalue weighted by Crippen LogP contribution is 2.15. The minimum atomic E-state index is -0.443. The van der Waals surface area contributed by atoms with Gasteiger partial charge in [0, 0.05) is 31.7 Å². The van der Waals surface area contributed by atoms with Crippen molar-refractivity contribution in [2.24, 2.45) is 5.73 Å². The molecule has 0 saturated heterocycles. The van der Waals surface area contributed by atoms with E-state index in [0.29, 0.717) is 5.82 Å². The van der Waals surface area contributed by atoms with Crippen LogP contribution in [0.25, 0.3) is 0 Å². The van der Waals surface area contributed by atoms with Crippen LogP contribution in [-0.2, 0) is 19.5 Å². The van der Waals surface area contributed by atoms with E-state index in [0.717, 1.165) is 37.4 Å². The predicted molar refractivity (Wildman–Crippen MR) is 51.8 cm³/mol. The van der Waals surface area contributed by atoms with E-state index in [2.05, 4.69) is 10.3 Å². The summed E-state index contributed by atoms with van der Waals surface area (Å²) in [5.41, 5.74) is 7.38. The summed E-state index contributed by atoms with van der Waals surface area (Å²) in [4.78, 5) is 15.4. The van der Waals surface area contributed by atoms with Crippen molar-refractivity contribution in [2.75, 3.05) is 6.54 Å². The van der Waals surface area contributed by atoms with Gasteiger partial charge in [0.1, 0.15) is 0 Å². The smallest absolute Gasteiger partial charge is 0.284 e. The molecule has 3 N–H and O–H groups in total. The van der Waals surface area contributed by atoms with Crippen LogP contribution in [0.15, 0.2) is 0 Å². The van der Waals surface area contributed by atoms with Crippen LogP contribution in [0.5, 0.6) is 0 Å². The quantitative estimate of drug-likeness (QED) is 0.675. The maximum atomic E-state index is 11.1. The number of nitrogens with two attached hydrogens (primary N) is 1. The van der Waals surface area contributed by atoms with Crippen molar-refractivity contribution in [3.8, 4) is 0 Å². The number of primary amides is 1. The first-order valence-electron chi connectivity index (χ1n) is 4.82. The Kier molecular flexibility index (Phi) is 2.25. The molecule has 1 aliphatic heterocycles. The molecule has 0 unspecified atom stereocenters. The Labute approximate surface area is 82.3 Å². The van der Waals surface area contributed by atoms with Crippen LogP contribution >= 0.6 is 0 Å². The maximum Gasteiger partial charge on any atom is 0.284 e. The average Bonchev–Trinajstić information content (AvgIpc) is 2.56. The highest BCUT2D eigenvalue weighted by Gasteiger charge is 2.20. The third kappa shape index (κ3) is 1.29. The zero-order valence-electron chi connectivity index (χ0n) is 8.21. The Morgan fingerprint density at radius 1 is 1.71 bits per heavy atom. The molecule has 14 heavy (non-hydrogen) atoms. The Morgan fingerprint density at radius 2 is 2.50 bits per heavy atom. The van der Waals surface area contributed by atoms with Crippen molar-refractivity contribution in [1.82, 2.24) is 14.9 Å². The van der Waals surface area contributed by atoms with Crippen LogP contribution in [0, 0.1) is 0 Å². The molecule has 1 amide bonds. The normalized spacial score (nSPS) is 15.2. The Bertz CT molecular complexity index is 369. The SMILES string of the molecule is CCn1c(C(N)=O)nc2c1CCNC2. The number of nitrogens with zero attached hydrogens (tertiary/aromatic N) is 2. The van der Waals surface area contributed by atoms with Crippen molar-refractivity contribution in [1.29, 1.82) is 0 Å². The predicted octanol–water partition coefficient (Wildman–Crippen LogP) is -0.352. The Morgan fingerprint density at radius 3 is 3.14 bits per heavy atom. The molecular weight excluding hydrogens is 180 g/mol. The minimum Gasteiger partial charge on any atom is -0.363 e. The molecule has 0 spiro atoms. The van der Waals surface area contributed by atoms with Gasteiger partial charge in [0.25, 0.3) is 5.91 Å². The number of hydrogen-bond donors (Lipinski definition) is 2. The van der Waals surface area contributed by atoms with Crippen LogP contribution in [0.4, 0.5) is 0 Å². The second-order valence-corrected chi connectivity index (χ2v) is 3.36. The van der Waals surface area contributed by atoms with Gasteiger partial charge in [0.05, 0.1) is 5.69 Å². The summed E-state index contributed by atoms with van der Waals surface area (Å²) < 4.78 is 1.92. The Hall–Kier alpha value is -1.36. The van der Waals surface area contributed by atoms with Crippen molar-refractivity contribution < 1.29 is 4.79 Å². The van der Waals surface area contributed by atoms with E-state index in [9.17, 15) is 4.79 Å². The molecule has 5 nitrogen and oxygen atoms in total. The average molecular weight is 194 g/mol. The van der Waals surface area contributed by atoms with Crippen LogP contribution in [-0.4, -0.2) is 22.0 Å². The van der Waals surface area contributed by atoms with Crippen molar-refractivity contribution >= 4 is 5.91 Å². The first-order chi connectivity index (χ1) is 6.74. The molecule has 5 heteroatoms. The van der Waals surface area contributed by atoms with Crippen LogP contribution in [0.3, 0.4) is 0 Å². The third-order valence-electron chi connectivity index (χ3n) is 2.52. The summed E-state index contributed by atoms with van der Waals surface area (Å²) in [6, 6.07) is 0. The second kappa shape index (κ2) is 3.42. The second-order valence-electron chi connectivity index (χ2n) is 3.36. The van der Waals surface area contributed by atoms with E-state index in [4.69, 9.17) is 5.73 Å². The number of imidazole rings is 1. The number of aromatic nitrogens is 2. The maximum absolute atomic E-state index is 11.1. The van der Waals surface area contributed by atoms with Crippen LogP contribution in [0.1, 0.15) is 28.9 Å². The van der Waals surface area contributed by atoms with Crippen molar-refractivity contribution in [3.63, 3.8) is 0 Å². The van der Waals surface area contributed by atoms with Gasteiger partial charge in [-0.15, -0.1) is 0 Å². The van der Waals surface area contributed by atoms with E-state index >= 15 is 0 Å². The van der Waals surface area contributed by atoms with Gasteiger partial charge >= 0.3 is 0 Å². The molecular formula is C9H14N4O. The number of rotatable bonds is 2. The van der Waals surface area contributed by atoms with Gasteiger partial charge in [-0.2, -0.15) is 0 Å². The molecule has 2 heterocycles. The molecule has 0 saturated carbocycles. The topological polar surface area (TPSA) is 72.9 Å². The number of fused-ring (bicyclic) bond motifs is 1. The van der Waals surface area contributed by atoms with E-state index in [1.165, 1.54) is 0 Å². The highest BCUT2D eigenvalue weighted by molar-refractivity contribution is 5.89. The monoisotopic (exact) mass is 194 g/mol. The molecule has 0 aliphatic carbocycles. The Balaban J connectivity index is 2.51. The lowest BCUT2D eigenvalue weighted by Crippen LogP contribution is -2.25. The van der Waals surface area contributed by atoms with Gasteiger partial charge in [0.15, 0.2) is 5.82 Å². The lowest BCUT2D eigenvalue weighted by Gasteiger charge is -2.14. The summed E-state index contributed by atoms with van der Waals surface area (Å²) >= 11 is 0. The highest BCUT2D eigenvalue weighted by atomic mass is 16.1. The molecule has 76 valence electrons. The lowest BCUT2D eigenvalue weighted by molar-refractivity contribution is 0.0986. The van der Waals surface area contributed by atoms with E-state index in [1.807, 2.05) is 11.5 Å². The van der Waals surface area contributed by atoms with E-state index in [-0.39, 0.29) is 0 Å². The summed E-state index contributed by atoms with van der Waals surface area (Å²) in [5.74, 6) is -0.0533. The zero-order chi connectivity index (χ0) is 10.1. The molecule has 1 aromatic rings. The van der Waals surface area contributed by atoms with Crippen LogP contribution in [0.2, 0.25) is 0 Å². The van der Waals surface area contributed by atoms with Gasteiger partial charge < -0.3 is 15.6 Å². The number of amides is 1. The van der Waals surface area contributed by atoms with Gasteiger partial charge in [0.2, 0.25) is 0 Å². The summed E-state index contributed by atoms with van der Waals surface area (Å²) in [6.07, 6.45) is 0.920. The molecule has 0 atom stereocenters. The van der Waals surface area contributed by atoms with Crippen molar-refractivity contribution in [3.05, 3.63) is 17.2 Å². The minimum absolute atomic E-state index is 0.390. The number of nitrogens with one attached hydrogen (secondary N) is 1. The molecule has 0 bridgehead atoms. The molecule has 1 aliphatic rings. The van der Waals surface area contributed by atoms with Gasteiger partial charge in [-0.1, -0.05) is 0 Å². The fourth-order valence-electron chi connectivity index (χ4n) is 1.90.